The molecule has 3 rings (SSSR count). The van der Waals surface area contributed by atoms with Crippen LogP contribution in [0.5, 0.6) is 0 Å². The third kappa shape index (κ3) is 2.31. The predicted octanol–water partition coefficient (Wildman–Crippen LogP) is 2.38. The van der Waals surface area contributed by atoms with Gasteiger partial charge >= 0.3 is 0 Å². The molecule has 4 nitrogen and oxygen atoms in total. The minimum atomic E-state index is -3.97. The average molecular weight is 318 g/mol. The molecule has 1 aliphatic heterocycles. The summed E-state index contributed by atoms with van der Waals surface area (Å²) in [6, 6.07) is 3.20. The smallest absolute Gasteiger partial charge is 0.261 e. The van der Waals surface area contributed by atoms with Gasteiger partial charge in [-0.15, -0.1) is 0 Å². The van der Waals surface area contributed by atoms with Gasteiger partial charge in [-0.25, -0.2) is 12.8 Å². The summed E-state index contributed by atoms with van der Waals surface area (Å²) in [4.78, 5) is 13.8. The minimum absolute atomic E-state index is 0.156. The Hall–Kier alpha value is -1.14. The number of fused-ring (bicyclic) bond motifs is 2. The summed E-state index contributed by atoms with van der Waals surface area (Å²) < 4.78 is 36.4. The molecule has 0 N–H and O–H groups in total. The maximum absolute atomic E-state index is 13.8. The number of halogens is 2. The van der Waals surface area contributed by atoms with E-state index in [-0.39, 0.29) is 16.5 Å². The molecule has 1 aliphatic carbocycles. The average Bonchev–Trinajstić information content (AvgIpc) is 2.99. The molecule has 2 atom stereocenters. The van der Waals surface area contributed by atoms with Crippen LogP contribution in [0.4, 0.5) is 4.39 Å². The van der Waals surface area contributed by atoms with Crippen molar-refractivity contribution in [3.8, 4) is 0 Å². The van der Waals surface area contributed by atoms with Crippen LogP contribution in [0.15, 0.2) is 23.1 Å². The van der Waals surface area contributed by atoms with Crippen molar-refractivity contribution in [1.29, 1.82) is 0 Å². The van der Waals surface area contributed by atoms with E-state index in [2.05, 4.69) is 0 Å². The van der Waals surface area contributed by atoms with Gasteiger partial charge < -0.3 is 4.90 Å². The number of amides is 1. The number of rotatable bonds is 2. The predicted molar refractivity (Wildman–Crippen MR) is 71.6 cm³/mol. The molecule has 2 aliphatic rings. The van der Waals surface area contributed by atoms with E-state index in [9.17, 15) is 17.6 Å². The Morgan fingerprint density at radius 1 is 1.35 bits per heavy atom. The maximum atomic E-state index is 13.8. The van der Waals surface area contributed by atoms with Gasteiger partial charge in [0.1, 0.15) is 5.82 Å². The van der Waals surface area contributed by atoms with Crippen LogP contribution in [0.3, 0.4) is 0 Å². The van der Waals surface area contributed by atoms with Gasteiger partial charge in [0, 0.05) is 23.3 Å². The fraction of sp³-hybridized carbons (Fsp3) is 0.462. The van der Waals surface area contributed by atoms with Crippen LogP contribution >= 0.6 is 10.7 Å². The zero-order chi connectivity index (χ0) is 14.5. The molecular formula is C13H13ClFNO3S. The lowest BCUT2D eigenvalue weighted by molar-refractivity contribution is 0.0698. The highest BCUT2D eigenvalue weighted by Crippen LogP contribution is 2.38. The topological polar surface area (TPSA) is 54.5 Å². The number of benzene rings is 1. The van der Waals surface area contributed by atoms with Crippen LogP contribution in [-0.2, 0) is 9.05 Å². The van der Waals surface area contributed by atoms with E-state index in [1.807, 2.05) is 0 Å². The zero-order valence-electron chi connectivity index (χ0n) is 10.6. The van der Waals surface area contributed by atoms with Crippen LogP contribution in [0.1, 0.15) is 29.6 Å². The van der Waals surface area contributed by atoms with Gasteiger partial charge in [0.05, 0.1) is 10.5 Å². The number of likely N-dealkylation sites (tertiary alicyclic amines) is 1. The molecule has 0 spiro atoms. The van der Waals surface area contributed by atoms with Crippen molar-refractivity contribution in [3.63, 3.8) is 0 Å². The fourth-order valence-corrected chi connectivity index (χ4v) is 3.93. The van der Waals surface area contributed by atoms with Gasteiger partial charge in [-0.1, -0.05) is 0 Å². The molecular weight excluding hydrogens is 305 g/mol. The molecule has 2 bridgehead atoms. The van der Waals surface area contributed by atoms with E-state index < -0.39 is 20.8 Å². The van der Waals surface area contributed by atoms with Gasteiger partial charge in [0.15, 0.2) is 0 Å². The highest BCUT2D eigenvalue weighted by molar-refractivity contribution is 8.13. The highest BCUT2D eigenvalue weighted by atomic mass is 35.7. The number of carbonyl (C=O) groups is 1. The van der Waals surface area contributed by atoms with Gasteiger partial charge in [-0.05, 0) is 43.4 Å². The molecule has 0 radical (unpaired) electrons. The Bertz CT molecular complexity index is 676. The number of piperidine rings is 1. The van der Waals surface area contributed by atoms with Gasteiger partial charge in [0.25, 0.3) is 15.0 Å². The lowest BCUT2D eigenvalue weighted by atomic mass is 10.1. The van der Waals surface area contributed by atoms with Gasteiger partial charge in [-0.2, -0.15) is 0 Å². The van der Waals surface area contributed by atoms with E-state index in [1.165, 1.54) is 0 Å². The van der Waals surface area contributed by atoms with E-state index in [1.54, 1.807) is 4.90 Å². The monoisotopic (exact) mass is 317 g/mol. The quantitative estimate of drug-likeness (QED) is 0.787. The largest absolute Gasteiger partial charge is 0.335 e. The fourth-order valence-electron chi connectivity index (χ4n) is 3.15. The molecule has 7 heteroatoms. The van der Waals surface area contributed by atoms with Crippen molar-refractivity contribution in [2.75, 3.05) is 6.54 Å². The van der Waals surface area contributed by atoms with Gasteiger partial charge in [0.2, 0.25) is 0 Å². The Morgan fingerprint density at radius 2 is 2.10 bits per heavy atom. The first kappa shape index (κ1) is 13.8. The second-order valence-electron chi connectivity index (χ2n) is 5.37. The standard InChI is InChI=1S/C13H13ClFNO3S/c14-20(18,19)10-3-4-12(15)11(6-10)13(17)16-7-8-1-2-9(16)5-8/h3-4,6,8-9H,1-2,5,7H2. The first-order valence-corrected chi connectivity index (χ1v) is 8.72. The third-order valence-corrected chi connectivity index (χ3v) is 5.47. The summed E-state index contributed by atoms with van der Waals surface area (Å²) in [5.41, 5.74) is -0.223. The molecule has 1 saturated heterocycles. The summed E-state index contributed by atoms with van der Waals surface area (Å²) in [6.07, 6.45) is 3.00. The summed E-state index contributed by atoms with van der Waals surface area (Å²) in [7, 11) is 1.26. The SMILES string of the molecule is O=C(c1cc(S(=O)(=O)Cl)ccc1F)N1CC2CCC1C2. The Kier molecular flexibility index (Phi) is 3.25. The van der Waals surface area contributed by atoms with Crippen molar-refractivity contribution >= 4 is 25.6 Å². The van der Waals surface area contributed by atoms with Gasteiger partial charge in [-0.3, -0.25) is 4.79 Å². The molecule has 2 unspecified atom stereocenters. The molecule has 108 valence electrons. The molecule has 1 saturated carbocycles. The Balaban J connectivity index is 1.95. The molecule has 1 amide bonds. The van der Waals surface area contributed by atoms with E-state index in [0.717, 1.165) is 37.5 Å². The second-order valence-corrected chi connectivity index (χ2v) is 7.94. The molecule has 20 heavy (non-hydrogen) atoms. The maximum Gasteiger partial charge on any atom is 0.261 e. The highest BCUT2D eigenvalue weighted by Gasteiger charge is 2.41. The number of nitrogens with zero attached hydrogens (tertiary/aromatic N) is 1. The molecule has 1 aromatic carbocycles. The van der Waals surface area contributed by atoms with Crippen LogP contribution in [0, 0.1) is 11.7 Å². The van der Waals surface area contributed by atoms with Crippen LogP contribution in [-0.4, -0.2) is 31.8 Å². The van der Waals surface area contributed by atoms with Crippen LogP contribution < -0.4 is 0 Å². The zero-order valence-corrected chi connectivity index (χ0v) is 12.1. The Labute approximate surface area is 120 Å². The van der Waals surface area contributed by atoms with Crippen LogP contribution in [0.25, 0.3) is 0 Å². The number of hydrogen-bond acceptors (Lipinski definition) is 3. The molecule has 1 aromatic rings. The summed E-state index contributed by atoms with van der Waals surface area (Å²) in [6.45, 7) is 0.626. The van der Waals surface area contributed by atoms with E-state index in [4.69, 9.17) is 10.7 Å². The van der Waals surface area contributed by atoms with Crippen molar-refractivity contribution in [2.24, 2.45) is 5.92 Å². The molecule has 0 aromatic heterocycles. The summed E-state index contributed by atoms with van der Waals surface area (Å²) >= 11 is 0. The number of carbonyl (C=O) groups excluding carboxylic acids is 1. The normalized spacial score (nSPS) is 25.2. The van der Waals surface area contributed by atoms with E-state index >= 15 is 0 Å². The Morgan fingerprint density at radius 3 is 2.65 bits per heavy atom. The van der Waals surface area contributed by atoms with Crippen molar-refractivity contribution in [3.05, 3.63) is 29.6 Å². The first-order valence-electron chi connectivity index (χ1n) is 6.41. The second kappa shape index (κ2) is 4.70. The lowest BCUT2D eigenvalue weighted by Gasteiger charge is -2.27. The van der Waals surface area contributed by atoms with Crippen LogP contribution in [0.2, 0.25) is 0 Å². The number of hydrogen-bond donors (Lipinski definition) is 0. The summed E-state index contributed by atoms with van der Waals surface area (Å²) in [5.74, 6) is -0.675. The first-order chi connectivity index (χ1) is 9.36. The summed E-state index contributed by atoms with van der Waals surface area (Å²) in [5, 5.41) is 0. The van der Waals surface area contributed by atoms with Crippen molar-refractivity contribution in [2.45, 2.75) is 30.2 Å². The lowest BCUT2D eigenvalue weighted by Crippen LogP contribution is -2.38. The minimum Gasteiger partial charge on any atom is -0.335 e. The van der Waals surface area contributed by atoms with Crippen molar-refractivity contribution < 1.29 is 17.6 Å². The van der Waals surface area contributed by atoms with E-state index in [0.29, 0.717) is 12.5 Å². The molecule has 1 heterocycles. The van der Waals surface area contributed by atoms with Crippen molar-refractivity contribution in [1.82, 2.24) is 4.90 Å². The third-order valence-electron chi connectivity index (χ3n) is 4.12. The molecule has 2 fully saturated rings.